The Hall–Kier alpha value is -1.34. The lowest BCUT2D eigenvalue weighted by molar-refractivity contribution is -0.135. The first-order chi connectivity index (χ1) is 14.4. The highest BCUT2D eigenvalue weighted by Crippen LogP contribution is 2.30. The predicted octanol–water partition coefficient (Wildman–Crippen LogP) is 1.75. The van der Waals surface area contributed by atoms with Gasteiger partial charge in [-0.15, -0.1) is 0 Å². The summed E-state index contributed by atoms with van der Waals surface area (Å²) in [6.45, 7) is 11.4. The second-order valence-corrected chi connectivity index (χ2v) is 9.90. The van der Waals surface area contributed by atoms with Gasteiger partial charge < -0.3 is 20.4 Å². The van der Waals surface area contributed by atoms with Gasteiger partial charge in [0.25, 0.3) is 0 Å². The summed E-state index contributed by atoms with van der Waals surface area (Å²) < 4.78 is 0. The molecular formula is C23H44N6O. The zero-order valence-corrected chi connectivity index (χ0v) is 19.8. The number of rotatable bonds is 5. The maximum atomic E-state index is 12.2. The molecule has 2 N–H and O–H groups in total. The number of nitrogens with zero attached hydrogens (tertiary/aromatic N) is 4. The van der Waals surface area contributed by atoms with Crippen molar-refractivity contribution in [1.82, 2.24) is 25.3 Å². The Bertz CT molecular complexity index is 570. The van der Waals surface area contributed by atoms with E-state index < -0.39 is 0 Å². The van der Waals surface area contributed by atoms with Gasteiger partial charge in [-0.3, -0.25) is 14.7 Å². The second-order valence-electron chi connectivity index (χ2n) is 9.90. The normalized spacial score (nSPS) is 24.8. The Kier molecular flexibility index (Phi) is 8.40. The van der Waals surface area contributed by atoms with E-state index in [0.717, 1.165) is 38.4 Å². The van der Waals surface area contributed by atoms with E-state index in [1.54, 1.807) is 0 Å². The first-order valence-electron chi connectivity index (χ1n) is 12.1. The number of nitrogens with one attached hydrogen (secondary N) is 2. The predicted molar refractivity (Wildman–Crippen MR) is 124 cm³/mol. The van der Waals surface area contributed by atoms with Crippen LogP contribution in [0.25, 0.3) is 0 Å². The standard InChI is InChI=1S/C23H44N6O/c1-19(2)21(30)28-14-8-20(9-15-28)26-22(24-3)25-18-23(10-16-27(4)17-11-23)29-12-6-5-7-13-29/h19-20H,5-18H2,1-4H3,(H2,24,25,26). The third-order valence-electron chi connectivity index (χ3n) is 7.39. The molecule has 0 aromatic carbocycles. The number of aliphatic imine (C=N–C) groups is 1. The molecule has 0 atom stereocenters. The summed E-state index contributed by atoms with van der Waals surface area (Å²) in [6.07, 6.45) is 8.46. The van der Waals surface area contributed by atoms with E-state index in [1.165, 1.54) is 58.3 Å². The molecule has 3 aliphatic heterocycles. The topological polar surface area (TPSA) is 63.2 Å². The molecule has 7 nitrogen and oxygen atoms in total. The van der Waals surface area contributed by atoms with Crippen LogP contribution >= 0.6 is 0 Å². The number of likely N-dealkylation sites (tertiary alicyclic amines) is 3. The fourth-order valence-corrected chi connectivity index (χ4v) is 5.25. The van der Waals surface area contributed by atoms with E-state index in [1.807, 2.05) is 25.8 Å². The van der Waals surface area contributed by atoms with Crippen LogP contribution in [0.3, 0.4) is 0 Å². The van der Waals surface area contributed by atoms with Crippen LogP contribution in [0.4, 0.5) is 0 Å². The van der Waals surface area contributed by atoms with Crippen LogP contribution in [-0.2, 0) is 4.79 Å². The fourth-order valence-electron chi connectivity index (χ4n) is 5.25. The number of piperidine rings is 3. The molecule has 0 aliphatic carbocycles. The summed E-state index contributed by atoms with van der Waals surface area (Å²) in [7, 11) is 4.11. The summed E-state index contributed by atoms with van der Waals surface area (Å²) >= 11 is 0. The molecule has 3 fully saturated rings. The third kappa shape index (κ3) is 5.88. The Labute approximate surface area is 183 Å². The molecule has 0 aromatic rings. The highest BCUT2D eigenvalue weighted by atomic mass is 16.2. The number of hydrogen-bond acceptors (Lipinski definition) is 4. The average Bonchev–Trinajstić information content (AvgIpc) is 2.78. The molecule has 0 aromatic heterocycles. The first-order valence-corrected chi connectivity index (χ1v) is 12.1. The van der Waals surface area contributed by atoms with Crippen LogP contribution in [0, 0.1) is 5.92 Å². The minimum atomic E-state index is 0.0875. The van der Waals surface area contributed by atoms with E-state index in [2.05, 4.69) is 32.5 Å². The van der Waals surface area contributed by atoms with Gasteiger partial charge >= 0.3 is 0 Å². The largest absolute Gasteiger partial charge is 0.355 e. The van der Waals surface area contributed by atoms with E-state index in [0.29, 0.717) is 6.04 Å². The number of hydrogen-bond donors (Lipinski definition) is 2. The van der Waals surface area contributed by atoms with Gasteiger partial charge in [0.15, 0.2) is 5.96 Å². The first kappa shape index (κ1) is 23.3. The molecule has 0 radical (unpaired) electrons. The summed E-state index contributed by atoms with van der Waals surface area (Å²) in [5.41, 5.74) is 0.248. The van der Waals surface area contributed by atoms with Crippen LogP contribution in [0.5, 0.6) is 0 Å². The number of amides is 1. The molecule has 0 bridgehead atoms. The summed E-state index contributed by atoms with van der Waals surface area (Å²) in [5.74, 6) is 1.28. The number of carbonyl (C=O) groups excluding carboxylic acids is 1. The van der Waals surface area contributed by atoms with E-state index >= 15 is 0 Å². The van der Waals surface area contributed by atoms with Crippen LogP contribution in [0.15, 0.2) is 4.99 Å². The van der Waals surface area contributed by atoms with Crippen LogP contribution in [0.1, 0.15) is 58.8 Å². The monoisotopic (exact) mass is 420 g/mol. The SMILES string of the molecule is CN=C(NCC1(N2CCCCC2)CCN(C)CC1)NC1CCN(C(=O)C(C)C)CC1. The lowest BCUT2D eigenvalue weighted by Crippen LogP contribution is -2.62. The van der Waals surface area contributed by atoms with Crippen molar-refractivity contribution in [3.8, 4) is 0 Å². The molecule has 1 amide bonds. The van der Waals surface area contributed by atoms with Crippen molar-refractivity contribution in [1.29, 1.82) is 0 Å². The number of carbonyl (C=O) groups is 1. The van der Waals surface area contributed by atoms with Gasteiger partial charge in [-0.25, -0.2) is 0 Å². The molecular weight excluding hydrogens is 376 g/mol. The van der Waals surface area contributed by atoms with Crippen LogP contribution in [0.2, 0.25) is 0 Å². The van der Waals surface area contributed by atoms with Gasteiger partial charge in [0, 0.05) is 44.2 Å². The van der Waals surface area contributed by atoms with E-state index in [9.17, 15) is 4.79 Å². The van der Waals surface area contributed by atoms with Gasteiger partial charge in [0.2, 0.25) is 5.91 Å². The van der Waals surface area contributed by atoms with Crippen LogP contribution < -0.4 is 10.6 Å². The molecule has 3 rings (SSSR count). The van der Waals surface area contributed by atoms with Gasteiger partial charge in [-0.1, -0.05) is 20.3 Å². The van der Waals surface area contributed by atoms with Crippen molar-refractivity contribution in [2.45, 2.75) is 70.4 Å². The van der Waals surface area contributed by atoms with Gasteiger partial charge in [0.05, 0.1) is 0 Å². The van der Waals surface area contributed by atoms with Crippen molar-refractivity contribution < 1.29 is 4.79 Å². The molecule has 30 heavy (non-hydrogen) atoms. The maximum Gasteiger partial charge on any atom is 0.225 e. The molecule has 0 unspecified atom stereocenters. The zero-order valence-electron chi connectivity index (χ0n) is 19.8. The van der Waals surface area contributed by atoms with Crippen molar-refractivity contribution >= 4 is 11.9 Å². The number of guanidine groups is 1. The smallest absolute Gasteiger partial charge is 0.225 e. The summed E-state index contributed by atoms with van der Waals surface area (Å²) in [4.78, 5) is 24.0. The van der Waals surface area contributed by atoms with Crippen molar-refractivity contribution in [2.75, 3.05) is 59.9 Å². The third-order valence-corrected chi connectivity index (χ3v) is 7.39. The molecule has 3 aliphatic rings. The van der Waals surface area contributed by atoms with Crippen molar-refractivity contribution in [3.05, 3.63) is 0 Å². The lowest BCUT2D eigenvalue weighted by Gasteiger charge is -2.50. The van der Waals surface area contributed by atoms with E-state index in [4.69, 9.17) is 0 Å². The van der Waals surface area contributed by atoms with Crippen molar-refractivity contribution in [2.24, 2.45) is 10.9 Å². The lowest BCUT2D eigenvalue weighted by atomic mass is 9.84. The molecule has 3 saturated heterocycles. The van der Waals surface area contributed by atoms with Crippen LogP contribution in [-0.4, -0.2) is 98.1 Å². The van der Waals surface area contributed by atoms with Gasteiger partial charge in [-0.05, 0) is 71.8 Å². The maximum absolute atomic E-state index is 12.2. The molecule has 7 heteroatoms. The average molecular weight is 421 g/mol. The molecule has 0 saturated carbocycles. The van der Waals surface area contributed by atoms with Gasteiger partial charge in [-0.2, -0.15) is 0 Å². The quantitative estimate of drug-likeness (QED) is 0.524. The highest BCUT2D eigenvalue weighted by molar-refractivity contribution is 5.80. The molecule has 172 valence electrons. The molecule has 3 heterocycles. The summed E-state index contributed by atoms with van der Waals surface area (Å²) in [6, 6.07) is 0.385. The second kappa shape index (κ2) is 10.8. The highest BCUT2D eigenvalue weighted by Gasteiger charge is 2.39. The van der Waals surface area contributed by atoms with Crippen molar-refractivity contribution in [3.63, 3.8) is 0 Å². The van der Waals surface area contributed by atoms with E-state index in [-0.39, 0.29) is 17.4 Å². The Morgan fingerprint density at radius 3 is 2.23 bits per heavy atom. The Balaban J connectivity index is 1.52. The zero-order chi connectivity index (χ0) is 21.6. The fraction of sp³-hybridized carbons (Fsp3) is 0.913. The molecule has 0 spiro atoms. The van der Waals surface area contributed by atoms with Gasteiger partial charge in [0.1, 0.15) is 0 Å². The minimum absolute atomic E-state index is 0.0875. The minimum Gasteiger partial charge on any atom is -0.355 e. The Morgan fingerprint density at radius 2 is 1.67 bits per heavy atom. The Morgan fingerprint density at radius 1 is 1.03 bits per heavy atom. The summed E-state index contributed by atoms with van der Waals surface area (Å²) in [5, 5.41) is 7.32.